The van der Waals surface area contributed by atoms with Crippen LogP contribution < -0.4 is 20.1 Å². The average molecular weight is 747 g/mol. The van der Waals surface area contributed by atoms with Crippen LogP contribution in [-0.4, -0.2) is 89.0 Å². The van der Waals surface area contributed by atoms with Gasteiger partial charge in [0.05, 0.1) is 41.8 Å². The molecule has 11 nitrogen and oxygen atoms in total. The smallest absolute Gasteiger partial charge is 0.237 e. The van der Waals surface area contributed by atoms with Crippen LogP contribution in [0.3, 0.4) is 0 Å². The number of hydrogen-bond acceptors (Lipinski definition) is 9. The van der Waals surface area contributed by atoms with E-state index in [9.17, 15) is 9.59 Å². The van der Waals surface area contributed by atoms with Crippen LogP contribution in [0.2, 0.25) is 10.0 Å². The lowest BCUT2D eigenvalue weighted by Crippen LogP contribution is -2.44. The summed E-state index contributed by atoms with van der Waals surface area (Å²) in [5.74, 6) is 1.40. The first kappa shape index (κ1) is 37.5. The second-order valence-electron chi connectivity index (χ2n) is 13.2. The summed E-state index contributed by atoms with van der Waals surface area (Å²) >= 11 is 14.2. The number of carbonyl (C=O) groups excluding carboxylic acids is 2. The maximum atomic E-state index is 11.7. The Labute approximate surface area is 315 Å². The molecule has 2 amide bonds. The molecule has 0 saturated carbocycles. The number of halogens is 2. The van der Waals surface area contributed by atoms with Gasteiger partial charge in [-0.25, -0.2) is 4.98 Å². The molecule has 4 heterocycles. The van der Waals surface area contributed by atoms with Crippen LogP contribution in [0.4, 0.5) is 0 Å². The predicted octanol–water partition coefficient (Wildman–Crippen LogP) is 6.40. The zero-order valence-electron chi connectivity index (χ0n) is 30.0. The van der Waals surface area contributed by atoms with Crippen LogP contribution >= 0.6 is 23.2 Å². The van der Waals surface area contributed by atoms with Crippen molar-refractivity contribution in [1.82, 2.24) is 35.4 Å². The number of hydrogen-bond donors (Lipinski definition) is 2. The Balaban J connectivity index is 1.18. The van der Waals surface area contributed by atoms with Gasteiger partial charge in [-0.3, -0.25) is 19.6 Å². The molecule has 0 radical (unpaired) electrons. The maximum absolute atomic E-state index is 11.7. The van der Waals surface area contributed by atoms with Crippen molar-refractivity contribution in [3.8, 4) is 45.3 Å². The summed E-state index contributed by atoms with van der Waals surface area (Å²) in [6.07, 6.45) is 7.04. The Morgan fingerprint density at radius 3 is 2.02 bits per heavy atom. The normalized spacial score (nSPS) is 15.5. The minimum Gasteiger partial charge on any atom is -0.496 e. The molecule has 13 heteroatoms. The maximum Gasteiger partial charge on any atom is 0.237 e. The first-order valence-corrected chi connectivity index (χ1v) is 18.4. The van der Waals surface area contributed by atoms with Crippen LogP contribution in [0, 0.1) is 0 Å². The van der Waals surface area contributed by atoms with Crippen molar-refractivity contribution in [3.05, 3.63) is 76.2 Å². The summed E-state index contributed by atoms with van der Waals surface area (Å²) in [5.41, 5.74) is 5.89. The lowest BCUT2D eigenvalue weighted by atomic mass is 9.99. The van der Waals surface area contributed by atoms with Crippen molar-refractivity contribution < 1.29 is 19.1 Å². The molecule has 6 rings (SSSR count). The first-order valence-electron chi connectivity index (χ1n) is 17.7. The van der Waals surface area contributed by atoms with Crippen LogP contribution in [0.1, 0.15) is 50.8 Å². The largest absolute Gasteiger partial charge is 0.496 e. The van der Waals surface area contributed by atoms with Crippen molar-refractivity contribution >= 4 is 35.0 Å². The third kappa shape index (κ3) is 8.50. The van der Waals surface area contributed by atoms with E-state index in [0.717, 1.165) is 79.9 Å². The van der Waals surface area contributed by atoms with E-state index in [2.05, 4.69) is 15.6 Å². The minimum atomic E-state index is 0.117. The van der Waals surface area contributed by atoms with Gasteiger partial charge in [-0.1, -0.05) is 53.5 Å². The lowest BCUT2D eigenvalue weighted by Gasteiger charge is -2.32. The SMILES string of the molecule is COc1cc(-c2nccc(-c3cccc(-c4cnc(CNC5CCN(C(C)=O)CC5)c(OC)n4)c3Cl)c2Cl)ccc1CNC1CCN(C(C)=O)CC1. The standard InChI is InChI=1S/C39H45Cl2N7O4/c1-24(49)47-16-11-28(12-17-47)43-21-27-9-8-26(20-35(27)51-3)38-37(41)31(10-15-42-38)30-6-5-7-32(36(30)40)33-22-45-34(39(46-33)52-4)23-44-29-13-18-48(19-14-29)25(2)50/h5-10,15,20,22,28-29,43-44H,11-14,16-19,21,23H2,1-4H3. The number of carbonyl (C=O) groups is 2. The van der Waals surface area contributed by atoms with Crippen LogP contribution in [-0.2, 0) is 22.7 Å². The van der Waals surface area contributed by atoms with E-state index in [-0.39, 0.29) is 17.9 Å². The van der Waals surface area contributed by atoms with Gasteiger partial charge in [0.1, 0.15) is 11.4 Å². The molecule has 2 aliphatic heterocycles. The van der Waals surface area contributed by atoms with Gasteiger partial charge in [0.15, 0.2) is 0 Å². The van der Waals surface area contributed by atoms with Gasteiger partial charge < -0.3 is 29.9 Å². The Kier molecular flexibility index (Phi) is 12.3. The zero-order valence-corrected chi connectivity index (χ0v) is 31.6. The molecule has 0 atom stereocenters. The number of aromatic nitrogens is 3. The summed E-state index contributed by atoms with van der Waals surface area (Å²) in [4.78, 5) is 41.3. The molecule has 2 fully saturated rings. The molecular formula is C39H45Cl2N7O4. The molecule has 0 bridgehead atoms. The van der Waals surface area contributed by atoms with E-state index in [4.69, 9.17) is 42.6 Å². The number of piperidine rings is 2. The van der Waals surface area contributed by atoms with Gasteiger partial charge >= 0.3 is 0 Å². The molecule has 0 aliphatic carbocycles. The van der Waals surface area contributed by atoms with Crippen LogP contribution in [0.15, 0.2) is 54.9 Å². The average Bonchev–Trinajstić information content (AvgIpc) is 3.17. The van der Waals surface area contributed by atoms with Crippen LogP contribution in [0.5, 0.6) is 11.6 Å². The number of pyridine rings is 1. The fourth-order valence-electron chi connectivity index (χ4n) is 6.93. The van der Waals surface area contributed by atoms with E-state index in [0.29, 0.717) is 57.7 Å². The second-order valence-corrected chi connectivity index (χ2v) is 14.0. The molecule has 2 N–H and O–H groups in total. The predicted molar refractivity (Wildman–Crippen MR) is 203 cm³/mol. The molecule has 4 aromatic rings. The Morgan fingerprint density at radius 2 is 1.40 bits per heavy atom. The number of methoxy groups -OCH3 is 2. The highest BCUT2D eigenvalue weighted by molar-refractivity contribution is 6.39. The molecular weight excluding hydrogens is 701 g/mol. The third-order valence-electron chi connectivity index (χ3n) is 10.0. The highest BCUT2D eigenvalue weighted by Crippen LogP contribution is 2.42. The monoisotopic (exact) mass is 745 g/mol. The summed E-state index contributed by atoms with van der Waals surface area (Å²) in [6, 6.07) is 14.2. The van der Waals surface area contributed by atoms with Gasteiger partial charge in [0, 0.05) is 99.2 Å². The van der Waals surface area contributed by atoms with E-state index < -0.39 is 0 Å². The third-order valence-corrected chi connectivity index (χ3v) is 10.8. The Morgan fingerprint density at radius 1 is 0.788 bits per heavy atom. The Bertz CT molecular complexity index is 1770. The summed E-state index contributed by atoms with van der Waals surface area (Å²) < 4.78 is 11.4. The van der Waals surface area contributed by atoms with Gasteiger partial charge in [0.25, 0.3) is 0 Å². The van der Waals surface area contributed by atoms with Crippen molar-refractivity contribution in [3.63, 3.8) is 0 Å². The number of nitrogens with one attached hydrogen (secondary N) is 2. The quantitative estimate of drug-likeness (QED) is 0.180. The van der Waals surface area contributed by atoms with Gasteiger partial charge in [-0.2, -0.15) is 0 Å². The number of nitrogens with zero attached hydrogens (tertiary/aromatic N) is 5. The van der Waals surface area contributed by atoms with Gasteiger partial charge in [-0.05, 0) is 37.8 Å². The van der Waals surface area contributed by atoms with E-state index in [1.54, 1.807) is 40.5 Å². The highest BCUT2D eigenvalue weighted by atomic mass is 35.5. The summed E-state index contributed by atoms with van der Waals surface area (Å²) in [5, 5.41) is 8.12. The van der Waals surface area contributed by atoms with E-state index in [1.165, 1.54) is 0 Å². The molecule has 2 aromatic carbocycles. The highest BCUT2D eigenvalue weighted by Gasteiger charge is 2.23. The van der Waals surface area contributed by atoms with Crippen molar-refractivity contribution in [2.75, 3.05) is 40.4 Å². The lowest BCUT2D eigenvalue weighted by molar-refractivity contribution is -0.130. The molecule has 2 saturated heterocycles. The molecule has 274 valence electrons. The van der Waals surface area contributed by atoms with Crippen molar-refractivity contribution in [2.45, 2.75) is 64.7 Å². The van der Waals surface area contributed by atoms with Crippen molar-refractivity contribution in [1.29, 1.82) is 0 Å². The molecule has 0 unspecified atom stereocenters. The number of amides is 2. The fraction of sp³-hybridized carbons (Fsp3) is 0.410. The fourth-order valence-corrected chi connectivity index (χ4v) is 7.58. The van der Waals surface area contributed by atoms with E-state index in [1.807, 2.05) is 52.3 Å². The minimum absolute atomic E-state index is 0.117. The topological polar surface area (TPSA) is 122 Å². The molecule has 0 spiro atoms. The first-order chi connectivity index (χ1) is 25.2. The van der Waals surface area contributed by atoms with E-state index >= 15 is 0 Å². The number of likely N-dealkylation sites (tertiary alicyclic amines) is 2. The summed E-state index contributed by atoms with van der Waals surface area (Å²) in [6.45, 7) is 7.41. The Hall–Kier alpha value is -4.29. The van der Waals surface area contributed by atoms with Crippen LogP contribution in [0.25, 0.3) is 33.6 Å². The molecule has 2 aromatic heterocycles. The van der Waals surface area contributed by atoms with Crippen molar-refractivity contribution in [2.24, 2.45) is 0 Å². The number of rotatable bonds is 11. The van der Waals surface area contributed by atoms with Gasteiger partial charge in [-0.15, -0.1) is 0 Å². The molecule has 52 heavy (non-hydrogen) atoms. The second kappa shape index (κ2) is 17.0. The summed E-state index contributed by atoms with van der Waals surface area (Å²) in [7, 11) is 3.24. The molecule has 2 aliphatic rings. The number of ether oxygens (including phenoxy) is 2. The van der Waals surface area contributed by atoms with Gasteiger partial charge in [0.2, 0.25) is 17.7 Å². The zero-order chi connectivity index (χ0) is 36.8. The number of benzene rings is 2.